The zero-order chi connectivity index (χ0) is 13.8. The van der Waals surface area contributed by atoms with Crippen molar-refractivity contribution in [2.75, 3.05) is 13.1 Å². The van der Waals surface area contributed by atoms with Crippen molar-refractivity contribution in [3.05, 3.63) is 28.8 Å². The van der Waals surface area contributed by atoms with E-state index in [4.69, 9.17) is 11.6 Å². The zero-order valence-electron chi connectivity index (χ0n) is 10.3. The van der Waals surface area contributed by atoms with Crippen LogP contribution in [0.5, 0.6) is 0 Å². The Labute approximate surface area is 122 Å². The third-order valence-corrected chi connectivity index (χ3v) is 3.46. The number of thiol groups is 1. The largest absolute Gasteiger partial charge is 0.354 e. The molecule has 19 heavy (non-hydrogen) atoms. The van der Waals surface area contributed by atoms with Crippen molar-refractivity contribution < 1.29 is 9.59 Å². The van der Waals surface area contributed by atoms with E-state index in [1.807, 2.05) is 0 Å². The third kappa shape index (κ3) is 4.14. The maximum absolute atomic E-state index is 11.9. The highest BCUT2D eigenvalue weighted by Crippen LogP contribution is 2.28. The molecule has 1 aliphatic rings. The summed E-state index contributed by atoms with van der Waals surface area (Å²) in [6, 6.07) is 4.97. The van der Waals surface area contributed by atoms with Gasteiger partial charge in [-0.05, 0) is 31.0 Å². The van der Waals surface area contributed by atoms with Gasteiger partial charge in [0.25, 0.3) is 5.91 Å². The summed E-state index contributed by atoms with van der Waals surface area (Å²) < 4.78 is 0. The fraction of sp³-hybridized carbons (Fsp3) is 0.385. The lowest BCUT2D eigenvalue weighted by atomic mass is 10.2. The summed E-state index contributed by atoms with van der Waals surface area (Å²) >= 11 is 10.1. The van der Waals surface area contributed by atoms with Crippen molar-refractivity contribution in [2.45, 2.75) is 17.7 Å². The summed E-state index contributed by atoms with van der Waals surface area (Å²) in [5.74, 6) is -0.00258. The summed E-state index contributed by atoms with van der Waals surface area (Å²) in [5, 5.41) is 5.87. The van der Waals surface area contributed by atoms with Gasteiger partial charge >= 0.3 is 0 Å². The molecule has 0 saturated heterocycles. The molecule has 0 atom stereocenters. The molecule has 6 heteroatoms. The lowest BCUT2D eigenvalue weighted by molar-refractivity contribution is -0.122. The fourth-order valence-electron chi connectivity index (χ4n) is 1.63. The Morgan fingerprint density at radius 1 is 1.26 bits per heavy atom. The van der Waals surface area contributed by atoms with Gasteiger partial charge in [0, 0.05) is 23.9 Å². The second-order valence-corrected chi connectivity index (χ2v) is 5.41. The summed E-state index contributed by atoms with van der Waals surface area (Å²) in [6.45, 7) is 0.809. The monoisotopic (exact) mass is 298 g/mol. The van der Waals surface area contributed by atoms with Crippen molar-refractivity contribution in [1.82, 2.24) is 10.6 Å². The number of carbonyl (C=O) groups is 2. The quantitative estimate of drug-likeness (QED) is 0.574. The first kappa shape index (κ1) is 14.2. The molecule has 0 spiro atoms. The molecule has 2 amide bonds. The Morgan fingerprint density at radius 2 is 1.95 bits per heavy atom. The van der Waals surface area contributed by atoms with Crippen LogP contribution in [0.2, 0.25) is 5.02 Å². The second kappa shape index (κ2) is 6.30. The molecule has 0 bridgehead atoms. The third-order valence-electron chi connectivity index (χ3n) is 2.85. The Bertz CT molecular complexity index is 503. The second-order valence-electron chi connectivity index (χ2n) is 4.49. The summed E-state index contributed by atoms with van der Waals surface area (Å²) in [5.41, 5.74) is 0.391. The topological polar surface area (TPSA) is 58.2 Å². The van der Waals surface area contributed by atoms with Gasteiger partial charge in [-0.25, -0.2) is 0 Å². The molecular formula is C13H15ClN2O2S. The van der Waals surface area contributed by atoms with Crippen LogP contribution in [0.4, 0.5) is 0 Å². The van der Waals surface area contributed by atoms with Crippen molar-refractivity contribution in [3.63, 3.8) is 0 Å². The molecule has 4 nitrogen and oxygen atoms in total. The van der Waals surface area contributed by atoms with Crippen LogP contribution in [-0.4, -0.2) is 24.9 Å². The minimum Gasteiger partial charge on any atom is -0.354 e. The van der Waals surface area contributed by atoms with Gasteiger partial charge in [-0.15, -0.1) is 12.6 Å². The van der Waals surface area contributed by atoms with Gasteiger partial charge in [0.05, 0.1) is 10.6 Å². The molecule has 1 aliphatic carbocycles. The first-order valence-electron chi connectivity index (χ1n) is 6.12. The molecule has 0 unspecified atom stereocenters. The van der Waals surface area contributed by atoms with Crippen LogP contribution >= 0.6 is 24.2 Å². The molecule has 0 radical (unpaired) electrons. The Balaban J connectivity index is 1.77. The van der Waals surface area contributed by atoms with E-state index in [0.717, 1.165) is 12.8 Å². The number of benzene rings is 1. The number of rotatable bonds is 5. The lowest BCUT2D eigenvalue weighted by Crippen LogP contribution is -2.35. The van der Waals surface area contributed by atoms with Crippen molar-refractivity contribution in [3.8, 4) is 0 Å². The smallest absolute Gasteiger partial charge is 0.252 e. The van der Waals surface area contributed by atoms with Gasteiger partial charge < -0.3 is 10.6 Å². The number of carbonyl (C=O) groups excluding carboxylic acids is 2. The van der Waals surface area contributed by atoms with E-state index in [0.29, 0.717) is 28.6 Å². The molecule has 2 rings (SSSR count). The minimum atomic E-state index is -0.262. The molecule has 1 aromatic carbocycles. The van der Waals surface area contributed by atoms with Crippen LogP contribution in [0.1, 0.15) is 23.2 Å². The van der Waals surface area contributed by atoms with Crippen molar-refractivity contribution in [1.29, 1.82) is 0 Å². The summed E-state index contributed by atoms with van der Waals surface area (Å²) in [7, 11) is 0. The minimum absolute atomic E-state index is 0.0737. The molecule has 0 heterocycles. The van der Waals surface area contributed by atoms with Gasteiger partial charge in [-0.1, -0.05) is 11.6 Å². The highest BCUT2D eigenvalue weighted by atomic mass is 35.5. The van der Waals surface area contributed by atoms with Gasteiger partial charge in [0.1, 0.15) is 0 Å². The van der Waals surface area contributed by atoms with Crippen molar-refractivity contribution in [2.24, 2.45) is 5.92 Å². The number of hydrogen-bond donors (Lipinski definition) is 3. The van der Waals surface area contributed by atoms with Gasteiger partial charge in [0.2, 0.25) is 5.91 Å². The molecule has 0 aliphatic heterocycles. The van der Waals surface area contributed by atoms with E-state index >= 15 is 0 Å². The normalized spacial score (nSPS) is 14.0. The fourth-order valence-corrected chi connectivity index (χ4v) is 2.04. The number of nitrogens with one attached hydrogen (secondary N) is 2. The zero-order valence-corrected chi connectivity index (χ0v) is 11.9. The predicted octanol–water partition coefficient (Wildman–Crippen LogP) is 1.88. The Morgan fingerprint density at radius 3 is 2.63 bits per heavy atom. The average molecular weight is 299 g/mol. The van der Waals surface area contributed by atoms with Crippen LogP contribution < -0.4 is 10.6 Å². The van der Waals surface area contributed by atoms with Crippen molar-refractivity contribution >= 4 is 36.0 Å². The van der Waals surface area contributed by atoms with Crippen LogP contribution in [0, 0.1) is 5.92 Å². The van der Waals surface area contributed by atoms with Crippen LogP contribution in [0.15, 0.2) is 23.1 Å². The maximum atomic E-state index is 11.9. The highest BCUT2D eigenvalue weighted by Gasteiger charge is 2.28. The Hall–Kier alpha value is -1.20. The van der Waals surface area contributed by atoms with Crippen LogP contribution in [0.25, 0.3) is 0 Å². The molecule has 1 fully saturated rings. The molecule has 1 aromatic rings. The first-order chi connectivity index (χ1) is 9.08. The van der Waals surface area contributed by atoms with E-state index in [1.54, 1.807) is 18.2 Å². The highest BCUT2D eigenvalue weighted by molar-refractivity contribution is 7.80. The van der Waals surface area contributed by atoms with Crippen LogP contribution in [-0.2, 0) is 4.79 Å². The van der Waals surface area contributed by atoms with Crippen LogP contribution in [0.3, 0.4) is 0 Å². The van der Waals surface area contributed by atoms with E-state index in [1.165, 1.54) is 0 Å². The molecule has 1 saturated carbocycles. The first-order valence-corrected chi connectivity index (χ1v) is 6.95. The molecule has 0 aromatic heterocycles. The molecule has 102 valence electrons. The van der Waals surface area contributed by atoms with Gasteiger partial charge in [-0.2, -0.15) is 0 Å². The van der Waals surface area contributed by atoms with E-state index in [2.05, 4.69) is 23.3 Å². The molecular weight excluding hydrogens is 284 g/mol. The number of halogens is 1. The Kier molecular flexibility index (Phi) is 4.71. The standard InChI is InChI=1S/C13H15ClN2O2S/c14-11-4-3-9(19)7-10(11)13(18)16-6-5-15-12(17)8-1-2-8/h3-4,7-8,19H,1-2,5-6H2,(H,15,17)(H,16,18). The maximum Gasteiger partial charge on any atom is 0.252 e. The van der Waals surface area contributed by atoms with E-state index < -0.39 is 0 Å². The number of hydrogen-bond acceptors (Lipinski definition) is 3. The lowest BCUT2D eigenvalue weighted by Gasteiger charge is -2.08. The average Bonchev–Trinajstić information content (AvgIpc) is 3.21. The summed E-state index contributed by atoms with van der Waals surface area (Å²) in [6.07, 6.45) is 1.95. The van der Waals surface area contributed by atoms with E-state index in [-0.39, 0.29) is 17.7 Å². The van der Waals surface area contributed by atoms with E-state index in [9.17, 15) is 9.59 Å². The van der Waals surface area contributed by atoms with Gasteiger partial charge in [-0.3, -0.25) is 9.59 Å². The summed E-state index contributed by atoms with van der Waals surface area (Å²) in [4.78, 5) is 23.9. The SMILES string of the molecule is O=C(NCCNC(=O)C1CC1)c1cc(S)ccc1Cl. The number of amides is 2. The molecule has 2 N–H and O–H groups in total. The van der Waals surface area contributed by atoms with Gasteiger partial charge in [0.15, 0.2) is 0 Å². The predicted molar refractivity (Wildman–Crippen MR) is 76.8 cm³/mol.